The zero-order chi connectivity index (χ0) is 27.6. The van der Waals surface area contributed by atoms with E-state index in [1.54, 1.807) is 5.57 Å². The topological polar surface area (TPSA) is 108 Å². The molecule has 8 unspecified atom stereocenters. The van der Waals surface area contributed by atoms with Crippen molar-refractivity contribution in [2.45, 2.75) is 127 Å². The van der Waals surface area contributed by atoms with Gasteiger partial charge in [0.05, 0.1) is 0 Å². The molecule has 5 rings (SSSR count). The average molecular weight is 659 g/mol. The average Bonchev–Trinajstić information content (AvgIpc) is 3.31. The molecule has 2 saturated carbocycles. The molecule has 3 aliphatic carbocycles. The van der Waals surface area contributed by atoms with E-state index in [1.807, 2.05) is 0 Å². The van der Waals surface area contributed by atoms with Crippen LogP contribution in [0.25, 0.3) is 0 Å². The Morgan fingerprint density at radius 3 is 2.79 bits per heavy atom. The SMILES string of the molecule is C[I-]N[C@H](CO)CC1CCC(O)CC1C1CC[C@@H](C(O)N2CCC[C@H]2C(O)CC2(C)CC2C2=CC=CCC2)N1. The fourth-order valence-electron chi connectivity index (χ4n) is 8.60. The second-order valence-electron chi connectivity index (χ2n) is 13.5. The number of rotatable bonds is 12. The van der Waals surface area contributed by atoms with Crippen LogP contribution in [0.3, 0.4) is 0 Å². The van der Waals surface area contributed by atoms with Gasteiger partial charge < -0.3 is 5.11 Å². The second kappa shape index (κ2) is 13.5. The van der Waals surface area contributed by atoms with E-state index in [2.05, 4.69) is 43.8 Å². The summed E-state index contributed by atoms with van der Waals surface area (Å²) in [6, 6.07) is 0.463. The predicted molar refractivity (Wildman–Crippen MR) is 150 cm³/mol. The van der Waals surface area contributed by atoms with Gasteiger partial charge in [-0.15, -0.1) is 0 Å². The molecule has 2 heterocycles. The summed E-state index contributed by atoms with van der Waals surface area (Å²) in [6.07, 6.45) is 17.3. The molecule has 39 heavy (non-hydrogen) atoms. The summed E-state index contributed by atoms with van der Waals surface area (Å²) in [7, 11) is 0. The molecule has 7 nitrogen and oxygen atoms in total. The van der Waals surface area contributed by atoms with Gasteiger partial charge in [-0.2, -0.15) is 0 Å². The van der Waals surface area contributed by atoms with Crippen molar-refractivity contribution in [2.24, 2.45) is 23.2 Å². The van der Waals surface area contributed by atoms with E-state index in [9.17, 15) is 20.4 Å². The van der Waals surface area contributed by atoms with Crippen molar-refractivity contribution in [3.05, 3.63) is 23.8 Å². The van der Waals surface area contributed by atoms with Gasteiger partial charge in [-0.1, -0.05) is 30.7 Å². The van der Waals surface area contributed by atoms with E-state index in [0.717, 1.165) is 77.2 Å². The van der Waals surface area contributed by atoms with Crippen LogP contribution in [-0.4, -0.2) is 86.0 Å². The normalized spacial score (nSPS) is 41.5. The third-order valence-corrected chi connectivity index (χ3v) is 12.3. The molecule has 0 radical (unpaired) electrons. The minimum atomic E-state index is -0.588. The summed E-state index contributed by atoms with van der Waals surface area (Å²) in [4.78, 5) is 4.38. The Morgan fingerprint density at radius 2 is 2.05 bits per heavy atom. The number of halogens is 1. The fourth-order valence-corrected chi connectivity index (χ4v) is 9.93. The van der Waals surface area contributed by atoms with Crippen LogP contribution in [0, 0.1) is 23.2 Å². The summed E-state index contributed by atoms with van der Waals surface area (Å²) in [5.74, 6) is 1.45. The first-order valence-electron chi connectivity index (χ1n) is 15.6. The Balaban J connectivity index is 1.17. The number of nitrogens with one attached hydrogen (secondary N) is 2. The van der Waals surface area contributed by atoms with Crippen LogP contribution in [0.1, 0.15) is 84.0 Å². The van der Waals surface area contributed by atoms with E-state index >= 15 is 0 Å². The first kappa shape index (κ1) is 30.4. The number of likely N-dealkylation sites (tertiary alicyclic amines) is 1. The molecular weight excluding hydrogens is 605 g/mol. The quantitative estimate of drug-likeness (QED) is 0.0972. The number of alkyl halides is 1. The van der Waals surface area contributed by atoms with Crippen LogP contribution >= 0.6 is 0 Å². The van der Waals surface area contributed by atoms with Crippen LogP contribution in [0.2, 0.25) is 0 Å². The summed E-state index contributed by atoms with van der Waals surface area (Å²) < 4.78 is 3.52. The molecule has 6 N–H and O–H groups in total. The Morgan fingerprint density at radius 1 is 1.21 bits per heavy atom. The number of hydrogen-bond donors (Lipinski definition) is 6. The number of aliphatic hydroxyl groups is 4. The first-order valence-corrected chi connectivity index (χ1v) is 18.8. The molecule has 0 aromatic rings. The van der Waals surface area contributed by atoms with E-state index < -0.39 is 12.3 Å². The van der Waals surface area contributed by atoms with Crippen molar-refractivity contribution in [1.82, 2.24) is 13.7 Å². The maximum atomic E-state index is 11.6. The Kier molecular flexibility index (Phi) is 10.5. The van der Waals surface area contributed by atoms with E-state index in [-0.39, 0.29) is 63.8 Å². The number of nitrogens with zero attached hydrogens (tertiary/aromatic N) is 1. The van der Waals surface area contributed by atoms with Crippen molar-refractivity contribution in [3.8, 4) is 0 Å². The zero-order valence-electron chi connectivity index (χ0n) is 24.0. The van der Waals surface area contributed by atoms with Crippen LogP contribution in [0.4, 0.5) is 0 Å². The van der Waals surface area contributed by atoms with Crippen LogP contribution < -0.4 is 30.3 Å². The monoisotopic (exact) mass is 658 g/mol. The standard InChI is InChI=1S/C31H53IN3O4/c1-31(17-25(31)20-7-4-3-5-8-20)18-29(38)28-9-6-14-35(28)30(39)27-13-12-26(33-27)24-16-23(37)11-10-21(24)15-22(19-36)34-32-2/h3-4,7,21-30,33-34,36-39H,5-6,8-19H2,1-2H3/q-1/t21?,22-,23?,24?,25?,26?,27-,28-,29?,30?,31?/m0/s1. The molecule has 0 aromatic heterocycles. The number of hydrogen-bond acceptors (Lipinski definition) is 7. The molecule has 2 saturated heterocycles. The molecule has 4 fully saturated rings. The van der Waals surface area contributed by atoms with Gasteiger partial charge in [0.25, 0.3) is 0 Å². The fraction of sp³-hybridized carbons (Fsp3) is 0.871. The summed E-state index contributed by atoms with van der Waals surface area (Å²) >= 11 is -0.0861. The summed E-state index contributed by atoms with van der Waals surface area (Å²) in [5.41, 5.74) is 1.74. The molecule has 0 bridgehead atoms. The second-order valence-corrected chi connectivity index (χ2v) is 15.2. The first-order chi connectivity index (χ1) is 18.8. The van der Waals surface area contributed by atoms with Crippen LogP contribution in [0.15, 0.2) is 23.8 Å². The molecule has 2 aliphatic heterocycles. The van der Waals surface area contributed by atoms with Crippen LogP contribution in [0.5, 0.6) is 0 Å². The van der Waals surface area contributed by atoms with Gasteiger partial charge in [0.1, 0.15) is 0 Å². The summed E-state index contributed by atoms with van der Waals surface area (Å²) in [5, 5.41) is 47.2. The van der Waals surface area contributed by atoms with Gasteiger partial charge in [-0.25, -0.2) is 0 Å². The third-order valence-electron chi connectivity index (χ3n) is 10.8. The molecule has 8 heteroatoms. The van der Waals surface area contributed by atoms with Gasteiger partial charge >= 0.3 is 174 Å². The van der Waals surface area contributed by atoms with Crippen molar-refractivity contribution < 1.29 is 41.9 Å². The van der Waals surface area contributed by atoms with E-state index in [4.69, 9.17) is 0 Å². The number of allylic oxidation sites excluding steroid dienone is 4. The van der Waals surface area contributed by atoms with Gasteiger partial charge in [0.15, 0.2) is 0 Å². The molecule has 224 valence electrons. The van der Waals surface area contributed by atoms with Gasteiger partial charge in [-0.3, -0.25) is 0 Å². The van der Waals surface area contributed by atoms with Gasteiger partial charge in [0, 0.05) is 0 Å². The third kappa shape index (κ3) is 7.12. The van der Waals surface area contributed by atoms with E-state index in [0.29, 0.717) is 17.8 Å². The Labute approximate surface area is 246 Å². The molecule has 0 amide bonds. The predicted octanol–water partition coefficient (Wildman–Crippen LogP) is -0.305. The van der Waals surface area contributed by atoms with Crippen LogP contribution in [-0.2, 0) is 0 Å². The van der Waals surface area contributed by atoms with Gasteiger partial charge in [0.2, 0.25) is 0 Å². The number of aliphatic hydroxyl groups excluding tert-OH is 4. The molecule has 5 aliphatic rings. The zero-order valence-corrected chi connectivity index (χ0v) is 26.2. The minimum absolute atomic E-state index is 0.000710. The van der Waals surface area contributed by atoms with Crippen molar-refractivity contribution in [3.63, 3.8) is 0 Å². The maximum absolute atomic E-state index is 11.6. The Hall–Kier alpha value is -0.0700. The molecule has 0 aromatic carbocycles. The molecule has 11 atom stereocenters. The molecular formula is C31H53IN3O4-. The van der Waals surface area contributed by atoms with E-state index in [1.165, 1.54) is 6.42 Å². The van der Waals surface area contributed by atoms with Crippen molar-refractivity contribution in [1.29, 1.82) is 0 Å². The molecule has 0 spiro atoms. The Bertz CT molecular complexity index is 873. The van der Waals surface area contributed by atoms with Gasteiger partial charge in [-0.05, 0) is 37.0 Å². The van der Waals surface area contributed by atoms with Crippen molar-refractivity contribution >= 4 is 0 Å². The summed E-state index contributed by atoms with van der Waals surface area (Å²) in [6.45, 7) is 3.36. The van der Waals surface area contributed by atoms with Crippen molar-refractivity contribution in [2.75, 3.05) is 18.1 Å².